The molecule has 0 saturated carbocycles. The Kier molecular flexibility index (Phi) is 4.80. The maximum atomic E-state index is 5.48. The van der Waals surface area contributed by atoms with Crippen molar-refractivity contribution in [3.8, 4) is 0 Å². The number of rotatable bonds is 4. The Morgan fingerprint density at radius 2 is 1.78 bits per heavy atom. The van der Waals surface area contributed by atoms with Gasteiger partial charge in [-0.1, -0.05) is 29.8 Å². The summed E-state index contributed by atoms with van der Waals surface area (Å²) in [6.07, 6.45) is 0. The van der Waals surface area contributed by atoms with Crippen LogP contribution in [0.3, 0.4) is 0 Å². The van der Waals surface area contributed by atoms with Gasteiger partial charge in [-0.25, -0.2) is 0 Å². The van der Waals surface area contributed by atoms with E-state index >= 15 is 0 Å². The molecule has 0 aromatic heterocycles. The van der Waals surface area contributed by atoms with Gasteiger partial charge >= 0.3 is 0 Å². The van der Waals surface area contributed by atoms with Gasteiger partial charge in [-0.2, -0.15) is 0 Å². The van der Waals surface area contributed by atoms with Crippen LogP contribution in [0.5, 0.6) is 0 Å². The largest absolute Gasteiger partial charge is 0.419 e. The highest BCUT2D eigenvalue weighted by atomic mass is 79.9. The summed E-state index contributed by atoms with van der Waals surface area (Å²) in [6, 6.07) is 2.43. The lowest BCUT2D eigenvalue weighted by molar-refractivity contribution is 0.398. The number of hydrogen-bond donors (Lipinski definition) is 0. The van der Waals surface area contributed by atoms with Gasteiger partial charge in [-0.15, -0.1) is 0 Å². The number of alkyl halides is 1. The van der Waals surface area contributed by atoms with E-state index in [4.69, 9.17) is 4.43 Å². The first kappa shape index (κ1) is 9.66. The Morgan fingerprint density at radius 1 is 1.33 bits per heavy atom. The van der Waals surface area contributed by atoms with Gasteiger partial charge in [-0.05, 0) is 12.1 Å². The molecular formula is C6H15BrOSi. The van der Waals surface area contributed by atoms with Crippen LogP contribution in [0.25, 0.3) is 0 Å². The van der Waals surface area contributed by atoms with Gasteiger partial charge in [0.2, 0.25) is 8.32 Å². The SMILES string of the molecule is CC[Si](CC)(CBr)OC. The molecule has 0 rings (SSSR count). The van der Waals surface area contributed by atoms with Gasteiger partial charge in [0.05, 0.1) is 0 Å². The maximum absolute atomic E-state index is 5.48. The molecule has 0 aliphatic heterocycles. The maximum Gasteiger partial charge on any atom is 0.202 e. The van der Waals surface area contributed by atoms with Crippen LogP contribution < -0.4 is 0 Å². The zero-order valence-electron chi connectivity index (χ0n) is 6.41. The van der Waals surface area contributed by atoms with Crippen LogP contribution in [-0.4, -0.2) is 20.4 Å². The second-order valence-electron chi connectivity index (χ2n) is 2.23. The molecule has 1 nitrogen and oxygen atoms in total. The normalized spacial score (nSPS) is 12.0. The molecule has 0 aliphatic carbocycles. The Morgan fingerprint density at radius 3 is 1.78 bits per heavy atom. The second-order valence-corrected chi connectivity index (χ2v) is 8.37. The molecule has 0 atom stereocenters. The minimum Gasteiger partial charge on any atom is -0.419 e. The molecule has 0 aromatic rings. The molecule has 0 N–H and O–H groups in total. The summed E-state index contributed by atoms with van der Waals surface area (Å²) in [5.41, 5.74) is 0. The monoisotopic (exact) mass is 210 g/mol. The van der Waals surface area contributed by atoms with Crippen LogP contribution in [-0.2, 0) is 4.43 Å². The highest BCUT2D eigenvalue weighted by molar-refractivity contribution is 9.09. The van der Waals surface area contributed by atoms with Crippen LogP contribution in [0.1, 0.15) is 13.8 Å². The zero-order valence-corrected chi connectivity index (χ0v) is 8.99. The van der Waals surface area contributed by atoms with Gasteiger partial charge in [0.1, 0.15) is 0 Å². The lowest BCUT2D eigenvalue weighted by Crippen LogP contribution is -2.37. The molecule has 0 radical (unpaired) electrons. The van der Waals surface area contributed by atoms with Crippen molar-refractivity contribution in [1.29, 1.82) is 0 Å². The van der Waals surface area contributed by atoms with E-state index in [1.54, 1.807) is 0 Å². The van der Waals surface area contributed by atoms with Gasteiger partial charge in [0.25, 0.3) is 0 Å². The summed E-state index contributed by atoms with van der Waals surface area (Å²) in [7, 11) is 0.559. The van der Waals surface area contributed by atoms with Gasteiger partial charge in [0.15, 0.2) is 0 Å². The van der Waals surface area contributed by atoms with E-state index in [0.717, 1.165) is 4.95 Å². The summed E-state index contributed by atoms with van der Waals surface area (Å²) in [5.74, 6) is 0. The summed E-state index contributed by atoms with van der Waals surface area (Å²) in [6.45, 7) is 4.42. The molecule has 0 unspecified atom stereocenters. The van der Waals surface area contributed by atoms with E-state index in [1.165, 1.54) is 12.1 Å². The molecule has 0 bridgehead atoms. The van der Waals surface area contributed by atoms with Crippen LogP contribution >= 0.6 is 15.9 Å². The highest BCUT2D eigenvalue weighted by Gasteiger charge is 2.27. The zero-order chi connectivity index (χ0) is 7.33. The fraction of sp³-hybridized carbons (Fsp3) is 1.00. The van der Waals surface area contributed by atoms with Gasteiger partial charge in [-0.3, -0.25) is 0 Å². The Hall–Kier alpha value is 0.657. The number of halogens is 1. The smallest absolute Gasteiger partial charge is 0.202 e. The molecule has 0 heterocycles. The van der Waals surface area contributed by atoms with E-state index in [9.17, 15) is 0 Å². The Balaban J connectivity index is 3.82. The predicted octanol–water partition coefficient (Wildman–Crippen LogP) is 2.55. The fourth-order valence-corrected chi connectivity index (χ4v) is 5.41. The molecule has 3 heteroatoms. The number of hydrogen-bond acceptors (Lipinski definition) is 1. The Bertz CT molecular complexity index is 55.9. The van der Waals surface area contributed by atoms with Crippen molar-refractivity contribution in [2.45, 2.75) is 25.9 Å². The van der Waals surface area contributed by atoms with E-state index in [-0.39, 0.29) is 0 Å². The van der Waals surface area contributed by atoms with Crippen molar-refractivity contribution >= 4 is 24.2 Å². The minimum atomic E-state index is -1.27. The predicted molar refractivity (Wildman–Crippen MR) is 47.5 cm³/mol. The van der Waals surface area contributed by atoms with Gasteiger partial charge < -0.3 is 4.43 Å². The lowest BCUT2D eigenvalue weighted by Gasteiger charge is -2.23. The van der Waals surface area contributed by atoms with Crippen molar-refractivity contribution < 1.29 is 4.43 Å². The van der Waals surface area contributed by atoms with Crippen molar-refractivity contribution in [3.05, 3.63) is 0 Å². The van der Waals surface area contributed by atoms with Crippen LogP contribution in [0, 0.1) is 0 Å². The van der Waals surface area contributed by atoms with E-state index in [2.05, 4.69) is 29.8 Å². The quantitative estimate of drug-likeness (QED) is 0.513. The second kappa shape index (κ2) is 4.47. The lowest BCUT2D eigenvalue weighted by atomic mass is 10.9. The topological polar surface area (TPSA) is 9.23 Å². The molecule has 0 aromatic carbocycles. The summed E-state index contributed by atoms with van der Waals surface area (Å²) in [5, 5.41) is 0. The van der Waals surface area contributed by atoms with Crippen molar-refractivity contribution in [2.75, 3.05) is 12.1 Å². The van der Waals surface area contributed by atoms with Gasteiger partial charge in [0, 0.05) is 12.1 Å². The molecule has 0 amide bonds. The third-order valence-electron chi connectivity index (χ3n) is 1.97. The highest BCUT2D eigenvalue weighted by Crippen LogP contribution is 2.17. The van der Waals surface area contributed by atoms with E-state index < -0.39 is 8.32 Å². The average Bonchev–Trinajstić information content (AvgIpc) is 1.95. The van der Waals surface area contributed by atoms with E-state index in [0.29, 0.717) is 0 Å². The third kappa shape index (κ3) is 2.39. The standard InChI is InChI=1S/C6H15BrOSi/c1-4-9(5-2,6-7)8-3/h4-6H2,1-3H3. The van der Waals surface area contributed by atoms with Crippen LogP contribution in [0.2, 0.25) is 12.1 Å². The molecule has 0 saturated heterocycles. The first-order chi connectivity index (χ1) is 4.24. The fourth-order valence-electron chi connectivity index (χ4n) is 0.782. The average molecular weight is 211 g/mol. The molecule has 0 fully saturated rings. The first-order valence-corrected chi connectivity index (χ1v) is 7.01. The molecule has 0 spiro atoms. The van der Waals surface area contributed by atoms with Crippen molar-refractivity contribution in [1.82, 2.24) is 0 Å². The van der Waals surface area contributed by atoms with Crippen LogP contribution in [0.15, 0.2) is 0 Å². The molecule has 56 valence electrons. The molecule has 0 aliphatic rings. The summed E-state index contributed by atoms with van der Waals surface area (Å²) >= 11 is 3.49. The van der Waals surface area contributed by atoms with Crippen molar-refractivity contribution in [3.63, 3.8) is 0 Å². The third-order valence-corrected chi connectivity index (χ3v) is 8.96. The molecular weight excluding hydrogens is 196 g/mol. The first-order valence-electron chi connectivity index (χ1n) is 3.35. The molecule has 9 heavy (non-hydrogen) atoms. The van der Waals surface area contributed by atoms with E-state index in [1.807, 2.05) is 7.11 Å². The summed E-state index contributed by atoms with van der Waals surface area (Å²) < 4.78 is 5.48. The van der Waals surface area contributed by atoms with Crippen molar-refractivity contribution in [2.24, 2.45) is 0 Å². The Labute approximate surface area is 67.0 Å². The summed E-state index contributed by atoms with van der Waals surface area (Å²) in [4.78, 5) is 1.07. The minimum absolute atomic E-state index is 1.07. The van der Waals surface area contributed by atoms with Crippen LogP contribution in [0.4, 0.5) is 0 Å².